The molecular formula is C34H52Cl2CuN3O10. The van der Waals surface area contributed by atoms with Crippen molar-refractivity contribution in [2.75, 3.05) is 20.0 Å². The molecule has 2 aromatic rings. The zero-order valence-electron chi connectivity index (χ0n) is 31.2. The van der Waals surface area contributed by atoms with Crippen LogP contribution < -0.4 is 24.7 Å². The van der Waals surface area contributed by atoms with Crippen molar-refractivity contribution in [1.29, 1.82) is 5.26 Å². The molecule has 2 rings (SSSR count). The van der Waals surface area contributed by atoms with Crippen LogP contribution in [0.1, 0.15) is 104 Å². The van der Waals surface area contributed by atoms with Crippen LogP contribution in [0, 0.1) is 16.2 Å². The quantitative estimate of drug-likeness (QED) is 0.0751. The summed E-state index contributed by atoms with van der Waals surface area (Å²) in [6.45, 7) is 21.8. The molecule has 0 saturated carbocycles. The van der Waals surface area contributed by atoms with Crippen molar-refractivity contribution in [3.05, 3.63) is 45.3 Å². The van der Waals surface area contributed by atoms with Crippen molar-refractivity contribution >= 4 is 39.3 Å². The van der Waals surface area contributed by atoms with Crippen LogP contribution in [0.2, 0.25) is 5.02 Å². The molecule has 0 bridgehead atoms. The van der Waals surface area contributed by atoms with E-state index in [1.54, 1.807) is 51.1 Å². The van der Waals surface area contributed by atoms with Crippen LogP contribution in [0.15, 0.2) is 29.6 Å². The summed E-state index contributed by atoms with van der Waals surface area (Å²) in [7, 11) is 6.85. The number of nitrogens with two attached hydrogens (primary N) is 1. The molecule has 16 heteroatoms. The molecule has 13 nitrogen and oxygen atoms in total. The maximum absolute atomic E-state index is 11.6. The molecule has 2 aromatic carbocycles. The second-order valence-electron chi connectivity index (χ2n) is 11.8. The molecule has 2 N–H and O–H groups in total. The number of nitrogens with zero attached hydrogens (tertiary/aromatic N) is 2. The van der Waals surface area contributed by atoms with E-state index in [2.05, 4.69) is 35.4 Å². The molecule has 0 radical (unpaired) electrons. The van der Waals surface area contributed by atoms with Crippen LogP contribution in [0.5, 0.6) is 23.0 Å². The van der Waals surface area contributed by atoms with E-state index in [9.17, 15) is 14.5 Å². The number of hydrogen-bond acceptors (Lipinski definition) is 13. The Kier molecular flexibility index (Phi) is 27.5. The Morgan fingerprint density at radius 2 is 1.00 bits per heavy atom. The first-order valence-corrected chi connectivity index (χ1v) is 16.9. The average Bonchev–Trinajstić information content (AvgIpc) is 3.00. The summed E-state index contributed by atoms with van der Waals surface area (Å²) in [5.41, 5.74) is 6.64. The third kappa shape index (κ3) is 22.9. The van der Waals surface area contributed by atoms with Crippen LogP contribution >= 0.6 is 21.7 Å². The molecule has 0 unspecified atom stereocenters. The molecule has 0 spiro atoms. The number of carbonyl (C=O) groups is 2. The normalized spacial score (nSPS) is 9.94. The van der Waals surface area contributed by atoms with Gasteiger partial charge in [-0.25, -0.2) is 9.59 Å². The average molecular weight is 797 g/mol. The summed E-state index contributed by atoms with van der Waals surface area (Å²) >= 11 is 9.87. The van der Waals surface area contributed by atoms with E-state index >= 15 is 0 Å². The molecule has 50 heavy (non-hydrogen) atoms. The van der Waals surface area contributed by atoms with Gasteiger partial charge in [0.1, 0.15) is 39.3 Å². The standard InChI is InChI=1S/C14H19ClO4.C14H21NO4.C4H9NO2.C2H3N.ClH.Cu/c2*1-8(2)18-11-6-10(14(16)17-5)7-12(13(11)15)19-9(3)4;1-4(2,3)7-5-6;1-2-3;;/h6-9H,1-5H3;6-9H,15H2,1-5H3;1-3H3;1H3;1H;/q;;;;;+1/p-1. The number of hydrogen-bond donors (Lipinski definition) is 1. The Morgan fingerprint density at radius 1 is 0.740 bits per heavy atom. The van der Waals surface area contributed by atoms with Crippen molar-refractivity contribution in [2.24, 2.45) is 5.34 Å². The van der Waals surface area contributed by atoms with Crippen LogP contribution in [-0.2, 0) is 29.4 Å². The number of ether oxygens (including phenoxy) is 6. The number of halogens is 2. The molecule has 0 aliphatic heterocycles. The molecule has 0 amide bonds. The van der Waals surface area contributed by atoms with E-state index in [1.165, 1.54) is 21.1 Å². The van der Waals surface area contributed by atoms with E-state index in [0.29, 0.717) is 44.8 Å². The Hall–Kier alpha value is -3.63. The van der Waals surface area contributed by atoms with E-state index in [1.807, 2.05) is 55.4 Å². The van der Waals surface area contributed by atoms with Gasteiger partial charge in [0.05, 0.1) is 55.8 Å². The molecule has 0 saturated heterocycles. The molecule has 0 aromatic heterocycles. The Labute approximate surface area is 314 Å². The summed E-state index contributed by atoms with van der Waals surface area (Å²) in [5.74, 6) is 0.758. The van der Waals surface area contributed by atoms with Crippen molar-refractivity contribution in [2.45, 2.75) is 113 Å². The number of nitriles is 1. The predicted molar refractivity (Wildman–Crippen MR) is 192 cm³/mol. The monoisotopic (exact) mass is 795 g/mol. The van der Waals surface area contributed by atoms with Gasteiger partial charge in [0.15, 0.2) is 5.34 Å². The van der Waals surface area contributed by atoms with Gasteiger partial charge in [-0.2, -0.15) is 5.26 Å². The Balaban J connectivity index is -0.000000672. The fourth-order valence-electron chi connectivity index (χ4n) is 3.14. The van der Waals surface area contributed by atoms with Gasteiger partial charge in [-0.05, 0) is 100 Å². The zero-order chi connectivity index (χ0) is 39.8. The number of anilines is 1. The fourth-order valence-corrected chi connectivity index (χ4v) is 3.34. The third-order valence-corrected chi connectivity index (χ3v) is 5.09. The van der Waals surface area contributed by atoms with Gasteiger partial charge in [0.2, 0.25) is 0 Å². The number of benzene rings is 2. The van der Waals surface area contributed by atoms with Gasteiger partial charge in [0.25, 0.3) is 0 Å². The molecular weight excluding hydrogens is 745 g/mol. The molecule has 288 valence electrons. The van der Waals surface area contributed by atoms with Gasteiger partial charge >= 0.3 is 37.1 Å². The molecule has 0 aliphatic rings. The Bertz CT molecular complexity index is 1200. The summed E-state index contributed by atoms with van der Waals surface area (Å²) in [5, 5.41) is 9.93. The van der Waals surface area contributed by atoms with Gasteiger partial charge < -0.3 is 39.0 Å². The topological polar surface area (TPSA) is 178 Å². The van der Waals surface area contributed by atoms with Crippen molar-refractivity contribution in [3.63, 3.8) is 0 Å². The van der Waals surface area contributed by atoms with Gasteiger partial charge in [-0.1, -0.05) is 11.6 Å². The maximum atomic E-state index is 11.6. The van der Waals surface area contributed by atoms with Crippen molar-refractivity contribution in [1.82, 2.24) is 0 Å². The first-order chi connectivity index (χ1) is 23.2. The number of carbonyl (C=O) groups excluding carboxylic acids is 2. The fraction of sp³-hybridized carbons (Fsp3) is 0.559. The number of nitrogen functional groups attached to an aromatic ring is 1. The van der Waals surface area contributed by atoms with Gasteiger partial charge in [0, 0.05) is 6.92 Å². The molecule has 0 atom stereocenters. The summed E-state index contributed by atoms with van der Waals surface area (Å²) in [4.78, 5) is 36.9. The predicted octanol–water partition coefficient (Wildman–Crippen LogP) is 9.03. The molecule has 0 fully saturated rings. The second-order valence-corrected chi connectivity index (χ2v) is 12.2. The Morgan fingerprint density at radius 3 is 1.20 bits per heavy atom. The van der Waals surface area contributed by atoms with Crippen LogP contribution in [0.4, 0.5) is 5.69 Å². The van der Waals surface area contributed by atoms with E-state index in [4.69, 9.17) is 51.0 Å². The molecule has 0 heterocycles. The number of rotatable bonds is 11. The zero-order valence-corrected chi connectivity index (χ0v) is 33.7. The van der Waals surface area contributed by atoms with Gasteiger partial charge in [-0.15, -0.1) is 4.91 Å². The van der Waals surface area contributed by atoms with E-state index in [-0.39, 0.29) is 24.4 Å². The number of esters is 2. The number of methoxy groups -OCH3 is 2. The van der Waals surface area contributed by atoms with Crippen LogP contribution in [-0.4, -0.2) is 56.2 Å². The summed E-state index contributed by atoms with van der Waals surface area (Å²) in [6, 6.07) is 7.99. The minimum atomic E-state index is -0.459. The first kappa shape index (κ1) is 50.7. The van der Waals surface area contributed by atoms with Crippen molar-refractivity contribution in [3.8, 4) is 29.1 Å². The molecule has 0 aliphatic carbocycles. The van der Waals surface area contributed by atoms with Crippen LogP contribution in [0.3, 0.4) is 0 Å². The van der Waals surface area contributed by atoms with Crippen LogP contribution in [0.25, 0.3) is 0 Å². The second kappa shape index (κ2) is 27.1. The van der Waals surface area contributed by atoms with Gasteiger partial charge in [-0.3, -0.25) is 0 Å². The SMILES string of the molecule is CC#N.CC(C)(C)ON=O.COC(=O)c1cc(OC(C)C)c(Cl)c(OC(C)C)c1.COC(=O)c1cc(OC(C)C)c(N)c(OC(C)C)c1.[Cl][Cu]. The third-order valence-electron chi connectivity index (χ3n) is 4.71. The first-order valence-electron chi connectivity index (χ1n) is 15.2. The summed E-state index contributed by atoms with van der Waals surface area (Å²) in [6.07, 6.45) is -0.223. The van der Waals surface area contributed by atoms with E-state index in [0.717, 1.165) is 0 Å². The minimum absolute atomic E-state index is 0.0536. The van der Waals surface area contributed by atoms with E-state index < -0.39 is 17.5 Å². The summed E-state index contributed by atoms with van der Waals surface area (Å²) < 4.78 is 31.8. The van der Waals surface area contributed by atoms with Crippen molar-refractivity contribution < 1.29 is 57.9 Å².